The fraction of sp³-hybridized carbons (Fsp3) is 0.250. The molecule has 0 amide bonds. The van der Waals surface area contributed by atoms with Crippen LogP contribution in [-0.2, 0) is 13.7 Å². The second-order valence-corrected chi connectivity index (χ2v) is 7.76. The highest BCUT2D eigenvalue weighted by atomic mass is 16.5. The zero-order valence-electron chi connectivity index (χ0n) is 18.4. The molecular formula is C24H25N5O2. The Hall–Kier alpha value is -3.74. The second kappa shape index (κ2) is 8.18. The van der Waals surface area contributed by atoms with Crippen LogP contribution < -0.4 is 10.4 Å². The molecule has 0 atom stereocenters. The van der Waals surface area contributed by atoms with Gasteiger partial charge in [0.25, 0.3) is 0 Å². The molecule has 0 bridgehead atoms. The Labute approximate surface area is 180 Å². The highest BCUT2D eigenvalue weighted by molar-refractivity contribution is 5.64. The number of hydrogen-bond donors (Lipinski definition) is 0. The lowest BCUT2D eigenvalue weighted by Gasteiger charge is -2.17. The quantitative estimate of drug-likeness (QED) is 0.495. The monoisotopic (exact) mass is 415 g/mol. The van der Waals surface area contributed by atoms with E-state index in [1.165, 1.54) is 9.36 Å². The van der Waals surface area contributed by atoms with Gasteiger partial charge in [0.2, 0.25) is 0 Å². The van der Waals surface area contributed by atoms with Gasteiger partial charge in [-0.2, -0.15) is 9.36 Å². The molecule has 4 aromatic rings. The molecule has 0 aliphatic rings. The molecule has 0 unspecified atom stereocenters. The van der Waals surface area contributed by atoms with Gasteiger partial charge in [-0.3, -0.25) is 4.98 Å². The molecular weight excluding hydrogens is 390 g/mol. The van der Waals surface area contributed by atoms with E-state index in [-0.39, 0.29) is 5.69 Å². The van der Waals surface area contributed by atoms with Gasteiger partial charge in [0.1, 0.15) is 12.4 Å². The zero-order chi connectivity index (χ0) is 22.1. The summed E-state index contributed by atoms with van der Waals surface area (Å²) in [6.45, 7) is 8.37. The number of aromatic nitrogens is 5. The zero-order valence-corrected chi connectivity index (χ0v) is 18.4. The standard InChI is InChI=1S/C24H25N5O2/c1-15-8-6-11-22(29-24(30)28(5)26-27-29)20(15)14-31-23-16(2)12-19(13-17(23)3)21-10-7-9-18(4)25-21/h6-13H,14H2,1-5H3. The average Bonchev–Trinajstić information content (AvgIpc) is 3.06. The van der Waals surface area contributed by atoms with Crippen LogP contribution in [0.25, 0.3) is 16.9 Å². The minimum Gasteiger partial charge on any atom is -0.488 e. The second-order valence-electron chi connectivity index (χ2n) is 7.76. The topological polar surface area (TPSA) is 74.8 Å². The number of pyridine rings is 1. The molecule has 7 heteroatoms. The molecule has 0 saturated carbocycles. The van der Waals surface area contributed by atoms with Crippen molar-refractivity contribution in [3.05, 3.63) is 87.0 Å². The van der Waals surface area contributed by atoms with Crippen molar-refractivity contribution in [3.8, 4) is 22.7 Å². The summed E-state index contributed by atoms with van der Waals surface area (Å²) >= 11 is 0. The maximum Gasteiger partial charge on any atom is 0.368 e. The fourth-order valence-corrected chi connectivity index (χ4v) is 3.71. The normalized spacial score (nSPS) is 11.0. The summed E-state index contributed by atoms with van der Waals surface area (Å²) in [5, 5.41) is 7.81. The van der Waals surface area contributed by atoms with Crippen LogP contribution in [0, 0.1) is 27.7 Å². The molecule has 0 aliphatic heterocycles. The maximum atomic E-state index is 12.4. The van der Waals surface area contributed by atoms with Gasteiger partial charge >= 0.3 is 5.69 Å². The SMILES string of the molecule is Cc1cccc(-c2cc(C)c(OCc3c(C)cccc3-n3nnn(C)c3=O)c(C)c2)n1. The van der Waals surface area contributed by atoms with Crippen LogP contribution >= 0.6 is 0 Å². The van der Waals surface area contributed by atoms with E-state index in [2.05, 4.69) is 27.5 Å². The number of aryl methyl sites for hydroxylation is 5. The van der Waals surface area contributed by atoms with Crippen molar-refractivity contribution >= 4 is 0 Å². The lowest BCUT2D eigenvalue weighted by Crippen LogP contribution is -2.23. The van der Waals surface area contributed by atoms with E-state index in [4.69, 9.17) is 4.74 Å². The molecule has 0 spiro atoms. The number of benzene rings is 2. The van der Waals surface area contributed by atoms with Crippen molar-refractivity contribution in [1.29, 1.82) is 0 Å². The first kappa shape index (κ1) is 20.5. The Morgan fingerprint density at radius 1 is 0.903 bits per heavy atom. The van der Waals surface area contributed by atoms with Gasteiger partial charge in [0, 0.05) is 23.9 Å². The average molecular weight is 415 g/mol. The fourth-order valence-electron chi connectivity index (χ4n) is 3.71. The molecule has 0 saturated heterocycles. The van der Waals surface area contributed by atoms with Crippen LogP contribution in [0.15, 0.2) is 53.3 Å². The van der Waals surface area contributed by atoms with Crippen LogP contribution in [0.5, 0.6) is 5.75 Å². The third-order valence-corrected chi connectivity index (χ3v) is 5.34. The van der Waals surface area contributed by atoms with Crippen molar-refractivity contribution in [2.45, 2.75) is 34.3 Å². The Balaban J connectivity index is 1.66. The van der Waals surface area contributed by atoms with Crippen molar-refractivity contribution < 1.29 is 4.74 Å². The van der Waals surface area contributed by atoms with Crippen LogP contribution in [0.1, 0.15) is 27.9 Å². The van der Waals surface area contributed by atoms with Crippen molar-refractivity contribution in [1.82, 2.24) is 24.8 Å². The molecule has 0 fully saturated rings. The highest BCUT2D eigenvalue weighted by Crippen LogP contribution is 2.31. The minimum atomic E-state index is -0.297. The first-order chi connectivity index (χ1) is 14.8. The summed E-state index contributed by atoms with van der Waals surface area (Å²) in [4.78, 5) is 17.0. The van der Waals surface area contributed by atoms with Gasteiger partial charge in [-0.25, -0.2) is 4.79 Å². The Morgan fingerprint density at radius 3 is 2.26 bits per heavy atom. The van der Waals surface area contributed by atoms with Gasteiger partial charge in [0.15, 0.2) is 0 Å². The summed E-state index contributed by atoms with van der Waals surface area (Å²) in [6, 6.07) is 16.0. The number of rotatable bonds is 5. The molecule has 0 radical (unpaired) electrons. The molecule has 31 heavy (non-hydrogen) atoms. The molecule has 0 N–H and O–H groups in total. The summed E-state index contributed by atoms with van der Waals surface area (Å²) in [5.74, 6) is 0.831. The van der Waals surface area contributed by atoms with E-state index in [1.807, 2.05) is 64.1 Å². The predicted molar refractivity (Wildman–Crippen MR) is 120 cm³/mol. The van der Waals surface area contributed by atoms with Gasteiger partial charge in [-0.05, 0) is 85.1 Å². The van der Waals surface area contributed by atoms with E-state index in [0.717, 1.165) is 45.0 Å². The number of ether oxygens (including phenoxy) is 1. The first-order valence-electron chi connectivity index (χ1n) is 10.1. The molecule has 7 nitrogen and oxygen atoms in total. The summed E-state index contributed by atoms with van der Waals surface area (Å²) in [5.41, 5.74) is 7.35. The van der Waals surface area contributed by atoms with E-state index < -0.39 is 0 Å². The van der Waals surface area contributed by atoms with E-state index in [9.17, 15) is 4.79 Å². The lowest BCUT2D eigenvalue weighted by molar-refractivity contribution is 0.300. The number of tetrazole rings is 1. The van der Waals surface area contributed by atoms with Crippen LogP contribution in [0.4, 0.5) is 0 Å². The Bertz CT molecular complexity index is 1300. The van der Waals surface area contributed by atoms with E-state index in [0.29, 0.717) is 12.3 Å². The Kier molecular flexibility index (Phi) is 5.42. The van der Waals surface area contributed by atoms with Crippen molar-refractivity contribution in [3.63, 3.8) is 0 Å². The van der Waals surface area contributed by atoms with Crippen molar-refractivity contribution in [2.24, 2.45) is 7.05 Å². The summed E-state index contributed by atoms with van der Waals surface area (Å²) in [6.07, 6.45) is 0. The third-order valence-electron chi connectivity index (χ3n) is 5.34. The first-order valence-corrected chi connectivity index (χ1v) is 10.1. The van der Waals surface area contributed by atoms with Crippen molar-refractivity contribution in [2.75, 3.05) is 0 Å². The van der Waals surface area contributed by atoms with Gasteiger partial charge in [0.05, 0.1) is 11.4 Å². The molecule has 0 aliphatic carbocycles. The van der Waals surface area contributed by atoms with Crippen LogP contribution in [0.2, 0.25) is 0 Å². The molecule has 2 aromatic carbocycles. The molecule has 2 heterocycles. The van der Waals surface area contributed by atoms with Gasteiger partial charge in [-0.1, -0.05) is 18.2 Å². The minimum absolute atomic E-state index is 0.297. The molecule has 2 aromatic heterocycles. The molecule has 158 valence electrons. The lowest BCUT2D eigenvalue weighted by atomic mass is 10.0. The van der Waals surface area contributed by atoms with E-state index in [1.54, 1.807) is 7.05 Å². The third kappa shape index (κ3) is 3.99. The molecule has 4 rings (SSSR count). The predicted octanol–water partition coefficient (Wildman–Crippen LogP) is 3.84. The smallest absolute Gasteiger partial charge is 0.368 e. The summed E-state index contributed by atoms with van der Waals surface area (Å²) < 4.78 is 8.78. The van der Waals surface area contributed by atoms with Gasteiger partial charge in [-0.15, -0.1) is 0 Å². The van der Waals surface area contributed by atoms with Gasteiger partial charge < -0.3 is 4.74 Å². The summed E-state index contributed by atoms with van der Waals surface area (Å²) in [7, 11) is 1.58. The largest absolute Gasteiger partial charge is 0.488 e. The number of hydrogen-bond acceptors (Lipinski definition) is 5. The number of nitrogens with zero attached hydrogens (tertiary/aromatic N) is 5. The van der Waals surface area contributed by atoms with Crippen LogP contribution in [-0.4, -0.2) is 24.8 Å². The highest BCUT2D eigenvalue weighted by Gasteiger charge is 2.15. The van der Waals surface area contributed by atoms with E-state index >= 15 is 0 Å². The Morgan fingerprint density at radius 2 is 1.61 bits per heavy atom. The maximum absolute atomic E-state index is 12.4. The van der Waals surface area contributed by atoms with Crippen LogP contribution in [0.3, 0.4) is 0 Å².